The molecule has 108 valence electrons. The Morgan fingerprint density at radius 2 is 1.38 bits per heavy atom. The van der Waals surface area contributed by atoms with Gasteiger partial charge in [-0.3, -0.25) is 0 Å². The smallest absolute Gasteiger partial charge is 0.399 e. The van der Waals surface area contributed by atoms with Gasteiger partial charge in [-0.25, -0.2) is 9.97 Å². The van der Waals surface area contributed by atoms with Gasteiger partial charge < -0.3 is 9.31 Å². The largest absolute Gasteiger partial charge is 0.494 e. The maximum Gasteiger partial charge on any atom is 0.494 e. The summed E-state index contributed by atoms with van der Waals surface area (Å²) in [6, 6.07) is 9.81. The Hall–Kier alpha value is -1.72. The average Bonchev–Trinajstić information content (AvgIpc) is 2.69. The van der Waals surface area contributed by atoms with Gasteiger partial charge in [-0.05, 0) is 39.2 Å². The molecule has 1 saturated heterocycles. The van der Waals surface area contributed by atoms with Crippen LogP contribution in [0.2, 0.25) is 0 Å². The Kier molecular flexibility index (Phi) is 3.34. The van der Waals surface area contributed by atoms with Gasteiger partial charge in [-0.15, -0.1) is 0 Å². The maximum atomic E-state index is 6.04. The highest BCUT2D eigenvalue weighted by Crippen LogP contribution is 2.36. The summed E-state index contributed by atoms with van der Waals surface area (Å²) in [5.74, 6) is 0.720. The first-order valence-corrected chi connectivity index (χ1v) is 7.12. The fourth-order valence-corrected chi connectivity index (χ4v) is 2.22. The second-order valence-electron chi connectivity index (χ2n) is 6.28. The Bertz CT molecular complexity index is 610. The molecule has 4 nitrogen and oxygen atoms in total. The summed E-state index contributed by atoms with van der Waals surface area (Å²) in [4.78, 5) is 8.50. The van der Waals surface area contributed by atoms with E-state index in [4.69, 9.17) is 9.31 Å². The molecule has 0 unspecified atom stereocenters. The Balaban J connectivity index is 1.83. The minimum atomic E-state index is -0.333. The SMILES string of the molecule is CC1(C)OB(c2ccc(-c3ncccn3)cc2)OC1(C)C. The second-order valence-corrected chi connectivity index (χ2v) is 6.28. The van der Waals surface area contributed by atoms with Crippen molar-refractivity contribution >= 4 is 12.6 Å². The van der Waals surface area contributed by atoms with E-state index in [9.17, 15) is 0 Å². The van der Waals surface area contributed by atoms with E-state index in [1.807, 2.05) is 30.3 Å². The zero-order valence-corrected chi connectivity index (χ0v) is 12.8. The summed E-state index contributed by atoms with van der Waals surface area (Å²) in [5.41, 5.74) is 1.35. The van der Waals surface area contributed by atoms with Crippen LogP contribution in [0, 0.1) is 0 Å². The topological polar surface area (TPSA) is 44.2 Å². The molecular weight excluding hydrogens is 263 g/mol. The lowest BCUT2D eigenvalue weighted by Crippen LogP contribution is -2.41. The number of hydrogen-bond acceptors (Lipinski definition) is 4. The van der Waals surface area contributed by atoms with Crippen LogP contribution in [0.1, 0.15) is 27.7 Å². The molecule has 0 N–H and O–H groups in total. The normalized spacial score (nSPS) is 19.7. The molecule has 0 spiro atoms. The lowest BCUT2D eigenvalue weighted by atomic mass is 9.79. The van der Waals surface area contributed by atoms with Crippen molar-refractivity contribution in [3.8, 4) is 11.4 Å². The van der Waals surface area contributed by atoms with Gasteiger partial charge in [0.2, 0.25) is 0 Å². The molecule has 0 atom stereocenters. The van der Waals surface area contributed by atoms with E-state index < -0.39 is 0 Å². The number of nitrogens with zero attached hydrogens (tertiary/aromatic N) is 2. The van der Waals surface area contributed by atoms with Crippen LogP contribution < -0.4 is 5.46 Å². The number of rotatable bonds is 2. The summed E-state index contributed by atoms with van der Waals surface area (Å²) in [5, 5.41) is 0. The molecule has 0 aliphatic carbocycles. The van der Waals surface area contributed by atoms with Crippen LogP contribution in [0.15, 0.2) is 42.7 Å². The van der Waals surface area contributed by atoms with E-state index in [1.165, 1.54) is 0 Å². The number of hydrogen-bond donors (Lipinski definition) is 0. The molecule has 2 heterocycles. The van der Waals surface area contributed by atoms with Crippen molar-refractivity contribution in [2.75, 3.05) is 0 Å². The first-order valence-electron chi connectivity index (χ1n) is 7.12. The van der Waals surface area contributed by atoms with Crippen molar-refractivity contribution in [1.29, 1.82) is 0 Å². The lowest BCUT2D eigenvalue weighted by Gasteiger charge is -2.32. The molecule has 0 amide bonds. The van der Waals surface area contributed by atoms with Gasteiger partial charge in [-0.2, -0.15) is 0 Å². The molecule has 0 saturated carbocycles. The van der Waals surface area contributed by atoms with E-state index in [2.05, 4.69) is 37.7 Å². The minimum absolute atomic E-state index is 0.321. The van der Waals surface area contributed by atoms with Crippen molar-refractivity contribution in [1.82, 2.24) is 9.97 Å². The summed E-state index contributed by atoms with van der Waals surface area (Å²) >= 11 is 0. The Labute approximate surface area is 125 Å². The van der Waals surface area contributed by atoms with Crippen molar-refractivity contribution in [2.24, 2.45) is 0 Å². The first kappa shape index (κ1) is 14.2. The van der Waals surface area contributed by atoms with E-state index >= 15 is 0 Å². The van der Waals surface area contributed by atoms with Crippen LogP contribution in [-0.2, 0) is 9.31 Å². The number of aromatic nitrogens is 2. The van der Waals surface area contributed by atoms with Gasteiger partial charge in [0, 0.05) is 18.0 Å². The van der Waals surface area contributed by atoms with Gasteiger partial charge in [0.25, 0.3) is 0 Å². The van der Waals surface area contributed by atoms with E-state index in [-0.39, 0.29) is 18.3 Å². The molecule has 5 heteroatoms. The van der Waals surface area contributed by atoms with Crippen LogP contribution in [-0.4, -0.2) is 28.3 Å². The van der Waals surface area contributed by atoms with Crippen LogP contribution in [0.3, 0.4) is 0 Å². The molecule has 1 aliphatic heterocycles. The molecule has 0 radical (unpaired) electrons. The van der Waals surface area contributed by atoms with Gasteiger partial charge in [0.05, 0.1) is 11.2 Å². The zero-order valence-electron chi connectivity index (χ0n) is 12.8. The third-order valence-corrected chi connectivity index (χ3v) is 4.26. The van der Waals surface area contributed by atoms with Crippen molar-refractivity contribution < 1.29 is 9.31 Å². The molecule has 2 aromatic rings. The highest BCUT2D eigenvalue weighted by Gasteiger charge is 2.51. The molecule has 1 aromatic heterocycles. The van der Waals surface area contributed by atoms with E-state index in [1.54, 1.807) is 12.4 Å². The Morgan fingerprint density at radius 1 is 0.857 bits per heavy atom. The summed E-state index contributed by atoms with van der Waals surface area (Å²) in [6.07, 6.45) is 3.48. The van der Waals surface area contributed by atoms with Gasteiger partial charge in [0.1, 0.15) is 0 Å². The minimum Gasteiger partial charge on any atom is -0.399 e. The third kappa shape index (κ3) is 2.59. The molecule has 3 rings (SSSR count). The van der Waals surface area contributed by atoms with Crippen LogP contribution in [0.25, 0.3) is 11.4 Å². The predicted molar refractivity (Wildman–Crippen MR) is 83.2 cm³/mol. The molecule has 1 aromatic carbocycles. The zero-order chi connectivity index (χ0) is 15.1. The maximum absolute atomic E-state index is 6.04. The van der Waals surface area contributed by atoms with Crippen molar-refractivity contribution in [2.45, 2.75) is 38.9 Å². The second kappa shape index (κ2) is 4.93. The van der Waals surface area contributed by atoms with Crippen LogP contribution >= 0.6 is 0 Å². The summed E-state index contributed by atoms with van der Waals surface area (Å²) in [6.45, 7) is 8.22. The molecule has 1 fully saturated rings. The summed E-state index contributed by atoms with van der Waals surface area (Å²) < 4.78 is 12.1. The number of benzene rings is 1. The average molecular weight is 282 g/mol. The molecule has 1 aliphatic rings. The fraction of sp³-hybridized carbons (Fsp3) is 0.375. The Morgan fingerprint density at radius 3 is 1.90 bits per heavy atom. The lowest BCUT2D eigenvalue weighted by molar-refractivity contribution is 0.00578. The van der Waals surface area contributed by atoms with Crippen molar-refractivity contribution in [3.63, 3.8) is 0 Å². The quantitative estimate of drug-likeness (QED) is 0.794. The standard InChI is InChI=1S/C16H19BN2O2/c1-15(2)16(3,4)21-17(20-15)13-8-6-12(7-9-13)14-18-10-5-11-19-14/h5-11H,1-4H3. The van der Waals surface area contributed by atoms with Gasteiger partial charge >= 0.3 is 7.12 Å². The first-order chi connectivity index (χ1) is 9.89. The highest BCUT2D eigenvalue weighted by molar-refractivity contribution is 6.62. The monoisotopic (exact) mass is 282 g/mol. The van der Waals surface area contributed by atoms with Crippen LogP contribution in [0.5, 0.6) is 0 Å². The van der Waals surface area contributed by atoms with E-state index in [0.717, 1.165) is 16.9 Å². The van der Waals surface area contributed by atoms with Crippen LogP contribution in [0.4, 0.5) is 0 Å². The van der Waals surface area contributed by atoms with E-state index in [0.29, 0.717) is 0 Å². The fourth-order valence-electron chi connectivity index (χ4n) is 2.22. The molecular formula is C16H19BN2O2. The molecule has 21 heavy (non-hydrogen) atoms. The van der Waals surface area contributed by atoms with Crippen molar-refractivity contribution in [3.05, 3.63) is 42.7 Å². The molecule has 0 bridgehead atoms. The third-order valence-electron chi connectivity index (χ3n) is 4.26. The van der Waals surface area contributed by atoms with Gasteiger partial charge in [0.15, 0.2) is 5.82 Å². The predicted octanol–water partition coefficient (Wildman–Crippen LogP) is 2.44. The highest BCUT2D eigenvalue weighted by atomic mass is 16.7. The van der Waals surface area contributed by atoms with Gasteiger partial charge in [-0.1, -0.05) is 24.3 Å². The summed E-state index contributed by atoms with van der Waals surface area (Å²) in [7, 11) is -0.333.